The minimum absolute atomic E-state index is 0.0353. The van der Waals surface area contributed by atoms with E-state index >= 15 is 0 Å². The lowest BCUT2D eigenvalue weighted by atomic mass is 10.1. The van der Waals surface area contributed by atoms with E-state index < -0.39 is 10.0 Å². The van der Waals surface area contributed by atoms with Gasteiger partial charge in [0, 0.05) is 24.3 Å². The molecule has 3 rings (SSSR count). The van der Waals surface area contributed by atoms with Gasteiger partial charge < -0.3 is 9.64 Å². The van der Waals surface area contributed by atoms with Gasteiger partial charge in [0.2, 0.25) is 0 Å². The molecule has 0 radical (unpaired) electrons. The average Bonchev–Trinajstić information content (AvgIpc) is 2.67. The molecular formula is C19H19N3O4S. The number of nitrogens with zero attached hydrogens (tertiary/aromatic N) is 2. The summed E-state index contributed by atoms with van der Waals surface area (Å²) in [7, 11) is -3.95. The lowest BCUT2D eigenvalue weighted by molar-refractivity contribution is -0.0124. The summed E-state index contributed by atoms with van der Waals surface area (Å²) in [6.07, 6.45) is -0.0353. The lowest BCUT2D eigenvalue weighted by Gasteiger charge is -2.31. The van der Waals surface area contributed by atoms with Crippen LogP contribution in [0.25, 0.3) is 0 Å². The Balaban J connectivity index is 1.83. The van der Waals surface area contributed by atoms with Gasteiger partial charge in [-0.25, -0.2) is 8.42 Å². The van der Waals surface area contributed by atoms with Gasteiger partial charge in [-0.1, -0.05) is 18.2 Å². The number of carbonyl (C=O) groups is 1. The molecule has 8 heteroatoms. The number of anilines is 1. The third kappa shape index (κ3) is 4.27. The fourth-order valence-corrected chi connectivity index (χ4v) is 4.11. The van der Waals surface area contributed by atoms with Crippen molar-refractivity contribution >= 4 is 21.6 Å². The molecule has 2 aromatic rings. The van der Waals surface area contributed by atoms with Gasteiger partial charge in [0.1, 0.15) is 11.0 Å². The van der Waals surface area contributed by atoms with E-state index in [1.54, 1.807) is 35.2 Å². The molecule has 0 saturated carbocycles. The van der Waals surface area contributed by atoms with Crippen LogP contribution >= 0.6 is 0 Å². The highest BCUT2D eigenvalue weighted by Crippen LogP contribution is 2.21. The number of morpholine rings is 1. The highest BCUT2D eigenvalue weighted by molar-refractivity contribution is 7.92. The lowest BCUT2D eigenvalue weighted by Crippen LogP contribution is -2.44. The zero-order valence-corrected chi connectivity index (χ0v) is 15.6. The van der Waals surface area contributed by atoms with Crippen molar-refractivity contribution < 1.29 is 17.9 Å². The minimum atomic E-state index is -3.95. The van der Waals surface area contributed by atoms with Gasteiger partial charge in [0.05, 0.1) is 18.3 Å². The van der Waals surface area contributed by atoms with E-state index in [-0.39, 0.29) is 28.2 Å². The second-order valence-corrected chi connectivity index (χ2v) is 7.88. The van der Waals surface area contributed by atoms with Crippen molar-refractivity contribution in [2.24, 2.45) is 0 Å². The molecule has 0 aliphatic carbocycles. The Morgan fingerprint density at radius 2 is 2.04 bits per heavy atom. The maximum atomic E-state index is 12.7. The SMILES string of the molecule is CC1CN(C(=O)c2cccc(NS(=O)(=O)c3ccccc3C#N)c2)CCO1. The van der Waals surface area contributed by atoms with Crippen molar-refractivity contribution in [1.29, 1.82) is 5.26 Å². The molecule has 1 amide bonds. The molecule has 0 bridgehead atoms. The Morgan fingerprint density at radius 3 is 2.78 bits per heavy atom. The van der Waals surface area contributed by atoms with Crippen LogP contribution in [0.5, 0.6) is 0 Å². The van der Waals surface area contributed by atoms with Crippen LogP contribution in [0.3, 0.4) is 0 Å². The summed E-state index contributed by atoms with van der Waals surface area (Å²) in [5.74, 6) is -0.177. The Bertz CT molecular complexity index is 998. The predicted molar refractivity (Wildman–Crippen MR) is 99.7 cm³/mol. The highest BCUT2D eigenvalue weighted by Gasteiger charge is 2.23. The van der Waals surface area contributed by atoms with Crippen LogP contribution in [0.2, 0.25) is 0 Å². The molecule has 7 nitrogen and oxygen atoms in total. The summed E-state index contributed by atoms with van der Waals surface area (Å²) in [4.78, 5) is 14.3. The topological polar surface area (TPSA) is 99.5 Å². The first-order valence-electron chi connectivity index (χ1n) is 8.43. The number of nitrogens with one attached hydrogen (secondary N) is 1. The van der Waals surface area contributed by atoms with Crippen LogP contribution in [-0.2, 0) is 14.8 Å². The summed E-state index contributed by atoms with van der Waals surface area (Å²) in [5.41, 5.74) is 0.701. The first kappa shape index (κ1) is 18.9. The van der Waals surface area contributed by atoms with Crippen LogP contribution in [0, 0.1) is 11.3 Å². The number of sulfonamides is 1. The van der Waals surface area contributed by atoms with Gasteiger partial charge in [0.25, 0.3) is 15.9 Å². The first-order valence-corrected chi connectivity index (χ1v) is 9.92. The zero-order chi connectivity index (χ0) is 19.4. The molecule has 1 heterocycles. The molecule has 1 aliphatic rings. The maximum Gasteiger partial charge on any atom is 0.263 e. The molecule has 27 heavy (non-hydrogen) atoms. The highest BCUT2D eigenvalue weighted by atomic mass is 32.2. The number of ether oxygens (including phenoxy) is 1. The van der Waals surface area contributed by atoms with Gasteiger partial charge in [0.15, 0.2) is 0 Å². The molecule has 0 spiro atoms. The van der Waals surface area contributed by atoms with Crippen molar-refractivity contribution in [3.8, 4) is 6.07 Å². The van der Waals surface area contributed by atoms with E-state index in [2.05, 4.69) is 4.72 Å². The van der Waals surface area contributed by atoms with Crippen molar-refractivity contribution in [2.75, 3.05) is 24.4 Å². The quantitative estimate of drug-likeness (QED) is 0.870. The van der Waals surface area contributed by atoms with Crippen molar-refractivity contribution in [2.45, 2.75) is 17.9 Å². The number of rotatable bonds is 4. The van der Waals surface area contributed by atoms with Crippen molar-refractivity contribution in [3.63, 3.8) is 0 Å². The van der Waals surface area contributed by atoms with E-state index in [9.17, 15) is 13.2 Å². The van der Waals surface area contributed by atoms with E-state index in [0.717, 1.165) is 0 Å². The maximum absolute atomic E-state index is 12.7. The number of carbonyl (C=O) groups excluding carboxylic acids is 1. The van der Waals surface area contributed by atoms with Gasteiger partial charge in [-0.05, 0) is 37.3 Å². The number of hydrogen-bond donors (Lipinski definition) is 1. The van der Waals surface area contributed by atoms with Crippen LogP contribution in [-0.4, -0.2) is 45.0 Å². The Kier molecular flexibility index (Phi) is 5.44. The molecule has 140 valence electrons. The monoisotopic (exact) mass is 385 g/mol. The summed E-state index contributed by atoms with van der Waals surface area (Å²) in [6.45, 7) is 3.36. The Hall–Kier alpha value is -2.89. The van der Waals surface area contributed by atoms with E-state index in [1.165, 1.54) is 18.2 Å². The van der Waals surface area contributed by atoms with Crippen molar-refractivity contribution in [3.05, 3.63) is 59.7 Å². The van der Waals surface area contributed by atoms with Crippen LogP contribution in [0.4, 0.5) is 5.69 Å². The molecule has 1 aliphatic heterocycles. The Morgan fingerprint density at radius 1 is 1.26 bits per heavy atom. The van der Waals surface area contributed by atoms with Crippen LogP contribution in [0.1, 0.15) is 22.8 Å². The second kappa shape index (κ2) is 7.78. The summed E-state index contributed by atoms with van der Waals surface area (Å²) in [6, 6.07) is 14.1. The Labute approximate surface area is 158 Å². The summed E-state index contributed by atoms with van der Waals surface area (Å²) < 4.78 is 33.2. The molecule has 1 saturated heterocycles. The number of amides is 1. The second-order valence-electron chi connectivity index (χ2n) is 6.23. The summed E-state index contributed by atoms with van der Waals surface area (Å²) in [5, 5.41) is 9.13. The third-order valence-corrected chi connectivity index (χ3v) is 5.63. The van der Waals surface area contributed by atoms with Gasteiger partial charge in [-0.15, -0.1) is 0 Å². The van der Waals surface area contributed by atoms with Crippen LogP contribution in [0.15, 0.2) is 53.4 Å². The van der Waals surface area contributed by atoms with Crippen LogP contribution < -0.4 is 4.72 Å². The van der Waals surface area contributed by atoms with E-state index in [1.807, 2.05) is 13.0 Å². The standard InChI is InChI=1S/C19H19N3O4S/c1-14-13-22(9-10-26-14)19(23)15-6-4-7-17(11-15)21-27(24,25)18-8-3-2-5-16(18)12-20/h2-8,11,14,21H,9-10,13H2,1H3. The van der Waals surface area contributed by atoms with Gasteiger partial charge >= 0.3 is 0 Å². The first-order chi connectivity index (χ1) is 12.9. The molecule has 1 N–H and O–H groups in total. The fourth-order valence-electron chi connectivity index (χ4n) is 2.90. The third-order valence-electron chi connectivity index (χ3n) is 4.19. The van der Waals surface area contributed by atoms with Gasteiger partial charge in [-0.2, -0.15) is 5.26 Å². The predicted octanol–water partition coefficient (Wildman–Crippen LogP) is 2.22. The van der Waals surface area contributed by atoms with Crippen molar-refractivity contribution in [1.82, 2.24) is 4.90 Å². The van der Waals surface area contributed by atoms with Gasteiger partial charge in [-0.3, -0.25) is 9.52 Å². The smallest absolute Gasteiger partial charge is 0.263 e. The van der Waals surface area contributed by atoms with E-state index in [0.29, 0.717) is 25.3 Å². The molecule has 1 atom stereocenters. The number of nitriles is 1. The number of hydrogen-bond acceptors (Lipinski definition) is 5. The molecule has 1 fully saturated rings. The average molecular weight is 385 g/mol. The fraction of sp³-hybridized carbons (Fsp3) is 0.263. The zero-order valence-electron chi connectivity index (χ0n) is 14.8. The largest absolute Gasteiger partial charge is 0.375 e. The molecule has 1 unspecified atom stereocenters. The normalized spacial score (nSPS) is 17.2. The molecule has 2 aromatic carbocycles. The minimum Gasteiger partial charge on any atom is -0.375 e. The molecular weight excluding hydrogens is 366 g/mol. The van der Waals surface area contributed by atoms with E-state index in [4.69, 9.17) is 10.00 Å². The number of benzene rings is 2. The molecule has 0 aromatic heterocycles. The summed E-state index contributed by atoms with van der Waals surface area (Å²) >= 11 is 0.